The average molecular weight is 568 g/mol. The van der Waals surface area contributed by atoms with Gasteiger partial charge in [0.2, 0.25) is 0 Å². The van der Waals surface area contributed by atoms with Gasteiger partial charge in [0, 0.05) is 23.1 Å². The molecule has 5 nitrogen and oxygen atoms in total. The highest BCUT2D eigenvalue weighted by atomic mass is 15.3. The highest BCUT2D eigenvalue weighted by molar-refractivity contribution is 5.89. The molecule has 2 aliphatic rings. The van der Waals surface area contributed by atoms with E-state index in [1.807, 2.05) is 48.5 Å². The van der Waals surface area contributed by atoms with Crippen LogP contribution in [-0.2, 0) is 0 Å². The summed E-state index contributed by atoms with van der Waals surface area (Å²) in [6, 6.07) is 50.1. The Hall–Kier alpha value is -5.94. The molecule has 2 N–H and O–H groups in total. The first-order chi connectivity index (χ1) is 21.8. The Morgan fingerprint density at radius 2 is 1.14 bits per heavy atom. The fourth-order valence-electron chi connectivity index (χ4n) is 6.08. The first-order valence-corrected chi connectivity index (χ1v) is 14.8. The van der Waals surface area contributed by atoms with Crippen molar-refractivity contribution < 1.29 is 0 Å². The van der Waals surface area contributed by atoms with E-state index in [4.69, 9.17) is 9.97 Å². The summed E-state index contributed by atoms with van der Waals surface area (Å²) in [6.07, 6.45) is 4.25. The molecule has 0 radical (unpaired) electrons. The Labute approximate surface area is 256 Å². The molecule has 44 heavy (non-hydrogen) atoms. The number of allylic oxidation sites excluding steroid dienone is 1. The minimum absolute atomic E-state index is 0.126. The van der Waals surface area contributed by atoms with E-state index >= 15 is 0 Å². The number of pyridine rings is 2. The Bertz CT molecular complexity index is 1880. The van der Waals surface area contributed by atoms with Crippen molar-refractivity contribution in [2.45, 2.75) is 5.92 Å². The summed E-state index contributed by atoms with van der Waals surface area (Å²) in [5.41, 5.74) is 11.4. The maximum Gasteiger partial charge on any atom is 0.117 e. The van der Waals surface area contributed by atoms with Crippen LogP contribution in [0, 0.1) is 0 Å². The van der Waals surface area contributed by atoms with Gasteiger partial charge in [-0.3, -0.25) is 4.90 Å². The van der Waals surface area contributed by atoms with Gasteiger partial charge in [0.15, 0.2) is 0 Å². The molecular formula is C39H29N5. The lowest BCUT2D eigenvalue weighted by molar-refractivity contribution is 1.01. The number of benzene rings is 4. The van der Waals surface area contributed by atoms with E-state index in [1.54, 1.807) is 0 Å². The SMILES string of the molecule is C(=C1Nc2ccccc2C1c1ccccc1)c1cccc(-c2cccc(C=C3Nc4ccccc4N3c3ccccc3)n2)n1. The van der Waals surface area contributed by atoms with Gasteiger partial charge >= 0.3 is 0 Å². The van der Waals surface area contributed by atoms with Crippen molar-refractivity contribution in [3.63, 3.8) is 0 Å². The van der Waals surface area contributed by atoms with E-state index in [9.17, 15) is 0 Å². The van der Waals surface area contributed by atoms with E-state index in [0.717, 1.165) is 57.0 Å². The Kier molecular flexibility index (Phi) is 6.46. The standard InChI is InChI=1S/C39H29N5/c1-3-13-27(14-4-1)39-31-19-7-8-20-32(31)42-36(39)25-28-15-11-22-33(40-28)34-23-12-16-29(41-34)26-38-43-35-21-9-10-24-37(35)44(38)30-17-5-2-6-18-30/h1-26,39,42-43H. The average Bonchev–Trinajstić information content (AvgIpc) is 3.63. The summed E-state index contributed by atoms with van der Waals surface area (Å²) in [7, 11) is 0. The van der Waals surface area contributed by atoms with Crippen molar-refractivity contribution in [3.05, 3.63) is 180 Å². The number of para-hydroxylation sites is 4. The van der Waals surface area contributed by atoms with Crippen LogP contribution in [0.15, 0.2) is 157 Å². The van der Waals surface area contributed by atoms with Gasteiger partial charge in [-0.2, -0.15) is 0 Å². The highest BCUT2D eigenvalue weighted by Gasteiger charge is 2.28. The van der Waals surface area contributed by atoms with E-state index in [-0.39, 0.29) is 5.92 Å². The maximum absolute atomic E-state index is 5.04. The van der Waals surface area contributed by atoms with Crippen molar-refractivity contribution in [2.24, 2.45) is 0 Å². The lowest BCUT2D eigenvalue weighted by Crippen LogP contribution is -2.14. The van der Waals surface area contributed by atoms with Crippen LogP contribution in [0.25, 0.3) is 23.5 Å². The second kappa shape index (κ2) is 11.0. The quantitative estimate of drug-likeness (QED) is 0.217. The molecule has 2 aliphatic heterocycles. The molecule has 4 aromatic carbocycles. The van der Waals surface area contributed by atoms with Gasteiger partial charge in [0.05, 0.1) is 40.1 Å². The van der Waals surface area contributed by atoms with Crippen LogP contribution >= 0.6 is 0 Å². The molecule has 0 aliphatic carbocycles. The largest absolute Gasteiger partial charge is 0.358 e. The molecule has 6 aromatic rings. The van der Waals surface area contributed by atoms with Crippen molar-refractivity contribution in [1.82, 2.24) is 9.97 Å². The van der Waals surface area contributed by atoms with Gasteiger partial charge < -0.3 is 10.6 Å². The Morgan fingerprint density at radius 3 is 1.89 bits per heavy atom. The third kappa shape index (κ3) is 4.80. The molecule has 0 spiro atoms. The number of nitrogens with zero attached hydrogens (tertiary/aromatic N) is 3. The minimum atomic E-state index is 0.126. The first-order valence-electron chi connectivity index (χ1n) is 14.8. The predicted octanol–water partition coefficient (Wildman–Crippen LogP) is 9.30. The molecule has 0 saturated carbocycles. The third-order valence-electron chi connectivity index (χ3n) is 8.05. The van der Waals surface area contributed by atoms with Gasteiger partial charge in [-0.25, -0.2) is 9.97 Å². The fourth-order valence-corrected chi connectivity index (χ4v) is 6.08. The molecular weight excluding hydrogens is 538 g/mol. The van der Waals surface area contributed by atoms with Crippen molar-refractivity contribution in [1.29, 1.82) is 0 Å². The molecule has 8 rings (SSSR count). The van der Waals surface area contributed by atoms with Crippen LogP contribution in [0.5, 0.6) is 0 Å². The number of rotatable bonds is 5. The topological polar surface area (TPSA) is 53.1 Å². The summed E-state index contributed by atoms with van der Waals surface area (Å²) >= 11 is 0. The van der Waals surface area contributed by atoms with Gasteiger partial charge in [-0.05, 0) is 71.8 Å². The number of hydrogen-bond donors (Lipinski definition) is 2. The highest BCUT2D eigenvalue weighted by Crippen LogP contribution is 2.44. The van der Waals surface area contributed by atoms with E-state index in [2.05, 4.69) is 125 Å². The van der Waals surface area contributed by atoms with Crippen LogP contribution in [0.1, 0.15) is 28.4 Å². The van der Waals surface area contributed by atoms with Crippen LogP contribution in [-0.4, -0.2) is 9.97 Å². The molecule has 1 unspecified atom stereocenters. The summed E-state index contributed by atoms with van der Waals surface area (Å²) < 4.78 is 0. The monoisotopic (exact) mass is 567 g/mol. The van der Waals surface area contributed by atoms with Gasteiger partial charge in [-0.1, -0.05) is 91.0 Å². The third-order valence-corrected chi connectivity index (χ3v) is 8.05. The van der Waals surface area contributed by atoms with Gasteiger partial charge in [0.25, 0.3) is 0 Å². The predicted molar refractivity (Wildman–Crippen MR) is 180 cm³/mol. The molecule has 210 valence electrons. The summed E-state index contributed by atoms with van der Waals surface area (Å²) in [4.78, 5) is 12.3. The summed E-state index contributed by atoms with van der Waals surface area (Å²) in [5, 5.41) is 7.23. The lowest BCUT2D eigenvalue weighted by Gasteiger charge is -2.20. The zero-order valence-electron chi connectivity index (χ0n) is 23.9. The van der Waals surface area contributed by atoms with E-state index in [0.29, 0.717) is 0 Å². The molecule has 0 amide bonds. The number of nitrogens with one attached hydrogen (secondary N) is 2. The molecule has 5 heteroatoms. The Morgan fingerprint density at radius 1 is 0.523 bits per heavy atom. The fraction of sp³-hybridized carbons (Fsp3) is 0.0256. The molecule has 0 fully saturated rings. The number of hydrogen-bond acceptors (Lipinski definition) is 5. The van der Waals surface area contributed by atoms with Crippen molar-refractivity contribution in [2.75, 3.05) is 15.5 Å². The molecule has 2 aromatic heterocycles. The number of aromatic nitrogens is 2. The van der Waals surface area contributed by atoms with E-state index < -0.39 is 0 Å². The molecule has 0 bridgehead atoms. The second-order valence-electron chi connectivity index (χ2n) is 10.9. The van der Waals surface area contributed by atoms with Crippen LogP contribution in [0.2, 0.25) is 0 Å². The Balaban J connectivity index is 1.13. The molecule has 4 heterocycles. The zero-order valence-corrected chi connectivity index (χ0v) is 23.9. The van der Waals surface area contributed by atoms with Crippen molar-refractivity contribution in [3.8, 4) is 11.4 Å². The molecule has 1 atom stereocenters. The van der Waals surface area contributed by atoms with Gasteiger partial charge in [0.1, 0.15) is 5.82 Å². The number of fused-ring (bicyclic) bond motifs is 2. The van der Waals surface area contributed by atoms with Crippen LogP contribution in [0.4, 0.5) is 22.7 Å². The molecule has 0 saturated heterocycles. The minimum Gasteiger partial charge on any atom is -0.358 e. The normalized spacial score (nSPS) is 16.8. The van der Waals surface area contributed by atoms with Gasteiger partial charge in [-0.15, -0.1) is 0 Å². The smallest absolute Gasteiger partial charge is 0.117 e. The van der Waals surface area contributed by atoms with E-state index in [1.165, 1.54) is 11.1 Å². The maximum atomic E-state index is 5.04. The van der Waals surface area contributed by atoms with Crippen LogP contribution < -0.4 is 15.5 Å². The lowest BCUT2D eigenvalue weighted by atomic mass is 9.90. The summed E-state index contributed by atoms with van der Waals surface area (Å²) in [6.45, 7) is 0. The summed E-state index contributed by atoms with van der Waals surface area (Å²) in [5.74, 6) is 1.08. The zero-order chi connectivity index (χ0) is 29.3. The van der Waals surface area contributed by atoms with Crippen molar-refractivity contribution >= 4 is 34.9 Å². The van der Waals surface area contributed by atoms with Crippen LogP contribution in [0.3, 0.4) is 0 Å². The number of anilines is 4. The second-order valence-corrected chi connectivity index (χ2v) is 10.9. The first kappa shape index (κ1) is 25.7.